The zero-order chi connectivity index (χ0) is 17.2. The SMILES string of the molecule is CC(C)[C@@H](C#N)N1CCN(C(=O)CN(C)[C@H](C)C2(C)CC2)CC1. The maximum atomic E-state index is 12.5. The maximum absolute atomic E-state index is 12.5. The van der Waals surface area contributed by atoms with Crippen LogP contribution in [-0.4, -0.2) is 72.5 Å². The van der Waals surface area contributed by atoms with Gasteiger partial charge in [-0.2, -0.15) is 5.26 Å². The summed E-state index contributed by atoms with van der Waals surface area (Å²) in [5.74, 6) is 0.551. The lowest BCUT2D eigenvalue weighted by atomic mass is 9.99. The molecule has 1 amide bonds. The molecule has 2 fully saturated rings. The van der Waals surface area contributed by atoms with Crippen LogP contribution in [0.25, 0.3) is 0 Å². The Morgan fingerprint density at radius 2 is 1.78 bits per heavy atom. The van der Waals surface area contributed by atoms with E-state index in [1.165, 1.54) is 12.8 Å². The van der Waals surface area contributed by atoms with Crippen molar-refractivity contribution in [2.24, 2.45) is 11.3 Å². The summed E-state index contributed by atoms with van der Waals surface area (Å²) in [6.07, 6.45) is 2.55. The topological polar surface area (TPSA) is 50.6 Å². The minimum atomic E-state index is -0.0373. The largest absolute Gasteiger partial charge is 0.339 e. The Morgan fingerprint density at radius 1 is 1.22 bits per heavy atom. The Labute approximate surface area is 141 Å². The molecule has 0 spiro atoms. The van der Waals surface area contributed by atoms with E-state index in [1.54, 1.807) is 0 Å². The Hall–Kier alpha value is -1.12. The zero-order valence-electron chi connectivity index (χ0n) is 15.4. The number of hydrogen-bond acceptors (Lipinski definition) is 4. The summed E-state index contributed by atoms with van der Waals surface area (Å²) in [5, 5.41) is 9.31. The quantitative estimate of drug-likeness (QED) is 0.749. The molecule has 1 aliphatic heterocycles. The molecule has 1 saturated heterocycles. The first-order valence-corrected chi connectivity index (χ1v) is 8.90. The van der Waals surface area contributed by atoms with Crippen molar-refractivity contribution in [3.05, 3.63) is 0 Å². The number of carbonyl (C=O) groups is 1. The van der Waals surface area contributed by atoms with Crippen LogP contribution in [0.2, 0.25) is 0 Å². The summed E-state index contributed by atoms with van der Waals surface area (Å²) in [5.41, 5.74) is 0.408. The molecule has 0 aromatic carbocycles. The van der Waals surface area contributed by atoms with E-state index in [1.807, 2.05) is 4.90 Å². The highest BCUT2D eigenvalue weighted by atomic mass is 16.2. The summed E-state index contributed by atoms with van der Waals surface area (Å²) >= 11 is 0. The molecule has 130 valence electrons. The second-order valence-corrected chi connectivity index (χ2v) is 7.98. The van der Waals surface area contributed by atoms with Crippen LogP contribution in [0.4, 0.5) is 0 Å². The monoisotopic (exact) mass is 320 g/mol. The van der Waals surface area contributed by atoms with Crippen LogP contribution in [0.1, 0.15) is 40.5 Å². The van der Waals surface area contributed by atoms with E-state index in [2.05, 4.69) is 50.6 Å². The highest BCUT2D eigenvalue weighted by Crippen LogP contribution is 2.49. The summed E-state index contributed by atoms with van der Waals surface area (Å²) < 4.78 is 0. The van der Waals surface area contributed by atoms with Crippen LogP contribution in [0, 0.1) is 22.7 Å². The molecule has 1 heterocycles. The highest BCUT2D eigenvalue weighted by Gasteiger charge is 2.44. The molecule has 0 aromatic rings. The Bertz CT molecular complexity index is 458. The Morgan fingerprint density at radius 3 is 2.22 bits per heavy atom. The van der Waals surface area contributed by atoms with Crippen LogP contribution in [-0.2, 0) is 4.79 Å². The Kier molecular flexibility index (Phi) is 5.70. The van der Waals surface area contributed by atoms with Crippen molar-refractivity contribution in [3.8, 4) is 6.07 Å². The van der Waals surface area contributed by atoms with E-state index < -0.39 is 0 Å². The van der Waals surface area contributed by atoms with Crippen molar-refractivity contribution in [2.45, 2.75) is 52.6 Å². The van der Waals surface area contributed by atoms with Crippen LogP contribution >= 0.6 is 0 Å². The second-order valence-electron chi connectivity index (χ2n) is 7.98. The van der Waals surface area contributed by atoms with Crippen molar-refractivity contribution in [1.82, 2.24) is 14.7 Å². The third-order valence-electron chi connectivity index (χ3n) is 5.92. The fourth-order valence-electron chi connectivity index (χ4n) is 3.50. The van der Waals surface area contributed by atoms with Gasteiger partial charge in [-0.05, 0) is 38.1 Å². The second kappa shape index (κ2) is 7.19. The number of hydrogen-bond donors (Lipinski definition) is 0. The van der Waals surface area contributed by atoms with E-state index >= 15 is 0 Å². The number of nitriles is 1. The smallest absolute Gasteiger partial charge is 0.236 e. The van der Waals surface area contributed by atoms with Gasteiger partial charge in [0.15, 0.2) is 0 Å². The lowest BCUT2D eigenvalue weighted by Crippen LogP contribution is -2.54. The Balaban J connectivity index is 1.80. The van der Waals surface area contributed by atoms with Gasteiger partial charge in [-0.3, -0.25) is 14.6 Å². The average Bonchev–Trinajstić information content (AvgIpc) is 3.26. The predicted octanol–water partition coefficient (Wildman–Crippen LogP) is 1.80. The van der Waals surface area contributed by atoms with Gasteiger partial charge in [-0.1, -0.05) is 20.8 Å². The summed E-state index contributed by atoms with van der Waals surface area (Å²) in [6.45, 7) is 12.3. The van der Waals surface area contributed by atoms with Gasteiger partial charge in [0.05, 0.1) is 12.6 Å². The third-order valence-corrected chi connectivity index (χ3v) is 5.92. The van der Waals surface area contributed by atoms with Crippen LogP contribution < -0.4 is 0 Å². The minimum absolute atomic E-state index is 0.0373. The molecule has 5 heteroatoms. The van der Waals surface area contributed by atoms with Gasteiger partial charge in [0.2, 0.25) is 5.91 Å². The summed E-state index contributed by atoms with van der Waals surface area (Å²) in [7, 11) is 2.06. The number of rotatable bonds is 6. The molecule has 1 aliphatic carbocycles. The van der Waals surface area contributed by atoms with Crippen LogP contribution in [0.15, 0.2) is 0 Å². The molecule has 0 radical (unpaired) electrons. The number of amides is 1. The molecule has 2 aliphatic rings. The fraction of sp³-hybridized carbons (Fsp3) is 0.889. The zero-order valence-corrected chi connectivity index (χ0v) is 15.4. The number of nitrogens with zero attached hydrogens (tertiary/aromatic N) is 4. The van der Waals surface area contributed by atoms with Gasteiger partial charge < -0.3 is 4.90 Å². The molecule has 2 atom stereocenters. The standard InChI is InChI=1S/C18H32N4O/c1-14(2)16(12-19)21-8-10-22(11-9-21)17(23)13-20(5)15(3)18(4)6-7-18/h14-16H,6-11,13H2,1-5H3/t15-,16-/m1/s1. The molecule has 0 bridgehead atoms. The van der Waals surface area contributed by atoms with E-state index in [-0.39, 0.29) is 11.9 Å². The molecular weight excluding hydrogens is 288 g/mol. The van der Waals surface area contributed by atoms with Gasteiger partial charge in [-0.25, -0.2) is 0 Å². The van der Waals surface area contributed by atoms with Crippen molar-refractivity contribution >= 4 is 5.91 Å². The van der Waals surface area contributed by atoms with E-state index in [0.717, 1.165) is 26.2 Å². The number of likely N-dealkylation sites (N-methyl/N-ethyl adjacent to an activating group) is 1. The lowest BCUT2D eigenvalue weighted by molar-refractivity contribution is -0.134. The third kappa shape index (κ3) is 4.24. The first kappa shape index (κ1) is 18.2. The van der Waals surface area contributed by atoms with Gasteiger partial charge in [0.1, 0.15) is 6.04 Å². The van der Waals surface area contributed by atoms with Crippen LogP contribution in [0.5, 0.6) is 0 Å². The van der Waals surface area contributed by atoms with Gasteiger partial charge in [-0.15, -0.1) is 0 Å². The van der Waals surface area contributed by atoms with Gasteiger partial charge in [0, 0.05) is 32.2 Å². The minimum Gasteiger partial charge on any atom is -0.339 e. The molecule has 0 aromatic heterocycles. The number of carbonyl (C=O) groups excluding carboxylic acids is 1. The normalized spacial score (nSPS) is 23.7. The summed E-state index contributed by atoms with van der Waals surface area (Å²) in [6, 6.07) is 2.82. The average molecular weight is 320 g/mol. The predicted molar refractivity (Wildman–Crippen MR) is 91.8 cm³/mol. The van der Waals surface area contributed by atoms with Crippen molar-refractivity contribution in [3.63, 3.8) is 0 Å². The molecule has 5 nitrogen and oxygen atoms in total. The van der Waals surface area contributed by atoms with E-state index in [4.69, 9.17) is 0 Å². The highest BCUT2D eigenvalue weighted by molar-refractivity contribution is 5.78. The molecular formula is C18H32N4O. The molecule has 2 rings (SSSR count). The van der Waals surface area contributed by atoms with Crippen LogP contribution in [0.3, 0.4) is 0 Å². The van der Waals surface area contributed by atoms with Gasteiger partial charge in [0.25, 0.3) is 0 Å². The van der Waals surface area contributed by atoms with Gasteiger partial charge >= 0.3 is 0 Å². The first-order chi connectivity index (χ1) is 10.8. The van der Waals surface area contributed by atoms with Crippen molar-refractivity contribution in [2.75, 3.05) is 39.8 Å². The fourth-order valence-corrected chi connectivity index (χ4v) is 3.50. The summed E-state index contributed by atoms with van der Waals surface area (Å²) in [4.78, 5) is 18.9. The van der Waals surface area contributed by atoms with Crippen molar-refractivity contribution in [1.29, 1.82) is 5.26 Å². The van der Waals surface area contributed by atoms with Crippen molar-refractivity contribution < 1.29 is 4.79 Å². The molecule has 23 heavy (non-hydrogen) atoms. The maximum Gasteiger partial charge on any atom is 0.236 e. The van der Waals surface area contributed by atoms with E-state index in [9.17, 15) is 10.1 Å². The molecule has 1 saturated carbocycles. The molecule has 0 unspecified atom stereocenters. The number of piperazine rings is 1. The first-order valence-electron chi connectivity index (χ1n) is 8.90. The lowest BCUT2D eigenvalue weighted by Gasteiger charge is -2.39. The van der Waals surface area contributed by atoms with E-state index in [0.29, 0.717) is 23.9 Å². The molecule has 0 N–H and O–H groups in total.